The number of anilines is 1. The average Bonchev–Trinajstić information content (AvgIpc) is 3.32. The highest BCUT2D eigenvalue weighted by Gasteiger charge is 2.28. The normalized spacial score (nSPS) is 14.1. The number of carbonyl (C=O) groups is 2. The molecule has 0 aliphatic carbocycles. The van der Waals surface area contributed by atoms with Crippen molar-refractivity contribution in [2.75, 3.05) is 18.4 Å². The Kier molecular flexibility index (Phi) is 5.83. The number of hydrogen-bond acceptors (Lipinski definition) is 4. The predicted molar refractivity (Wildman–Crippen MR) is 121 cm³/mol. The van der Waals surface area contributed by atoms with Gasteiger partial charge in [-0.25, -0.2) is 0 Å². The lowest BCUT2D eigenvalue weighted by atomic mass is 10.0. The minimum atomic E-state index is -0.156. The summed E-state index contributed by atoms with van der Waals surface area (Å²) in [6.07, 6.45) is 3.25. The third kappa shape index (κ3) is 4.14. The van der Waals surface area contributed by atoms with E-state index in [1.54, 1.807) is 0 Å². The predicted octanol–water partition coefficient (Wildman–Crippen LogP) is 5.97. The monoisotopic (exact) mass is 424 g/mol. The maximum atomic E-state index is 13.4. The van der Waals surface area contributed by atoms with Crippen LogP contribution in [0.15, 0.2) is 42.5 Å². The molecular formula is C23H24N2O2S2. The van der Waals surface area contributed by atoms with E-state index in [9.17, 15) is 9.59 Å². The zero-order valence-electron chi connectivity index (χ0n) is 16.7. The van der Waals surface area contributed by atoms with Crippen LogP contribution in [0.5, 0.6) is 0 Å². The summed E-state index contributed by atoms with van der Waals surface area (Å²) < 4.78 is 0. The van der Waals surface area contributed by atoms with Gasteiger partial charge in [0.2, 0.25) is 0 Å². The van der Waals surface area contributed by atoms with Crippen molar-refractivity contribution >= 4 is 39.5 Å². The molecule has 0 unspecified atom stereocenters. The molecule has 0 bridgehead atoms. The first-order valence-electron chi connectivity index (χ1n) is 9.90. The van der Waals surface area contributed by atoms with Gasteiger partial charge in [0.1, 0.15) is 5.00 Å². The Balaban J connectivity index is 1.73. The molecule has 3 aromatic rings. The van der Waals surface area contributed by atoms with Crippen molar-refractivity contribution in [3.63, 3.8) is 0 Å². The van der Waals surface area contributed by atoms with Crippen LogP contribution < -0.4 is 5.32 Å². The van der Waals surface area contributed by atoms with E-state index in [1.165, 1.54) is 29.1 Å². The molecule has 29 heavy (non-hydrogen) atoms. The fraction of sp³-hybridized carbons (Fsp3) is 0.304. The Hall–Kier alpha value is -2.44. The lowest BCUT2D eigenvalue weighted by Crippen LogP contribution is -2.36. The van der Waals surface area contributed by atoms with Gasteiger partial charge in [-0.2, -0.15) is 0 Å². The fourth-order valence-corrected chi connectivity index (χ4v) is 5.66. The fourth-order valence-electron chi connectivity index (χ4n) is 3.70. The van der Waals surface area contributed by atoms with Crippen LogP contribution in [0.4, 0.5) is 5.00 Å². The SMILES string of the molecule is Cc1ccc(C(=O)Nc2sc(-c3ccccc3)c(C)c2C(=O)N2CCCCC2)s1. The lowest BCUT2D eigenvalue weighted by Gasteiger charge is -2.27. The molecule has 0 atom stereocenters. The van der Waals surface area contributed by atoms with Crippen LogP contribution in [0.25, 0.3) is 10.4 Å². The van der Waals surface area contributed by atoms with Gasteiger partial charge in [-0.15, -0.1) is 22.7 Å². The summed E-state index contributed by atoms with van der Waals surface area (Å²) in [5.41, 5.74) is 2.64. The molecule has 1 N–H and O–H groups in total. The van der Waals surface area contributed by atoms with Crippen LogP contribution in [0.2, 0.25) is 0 Å². The molecule has 1 aromatic carbocycles. The molecule has 1 aliphatic rings. The topological polar surface area (TPSA) is 49.4 Å². The number of aryl methyl sites for hydroxylation is 1. The first kappa shape index (κ1) is 19.9. The van der Waals surface area contributed by atoms with Gasteiger partial charge in [0.15, 0.2) is 0 Å². The molecule has 0 spiro atoms. The van der Waals surface area contributed by atoms with Crippen molar-refractivity contribution < 1.29 is 9.59 Å². The lowest BCUT2D eigenvalue weighted by molar-refractivity contribution is 0.0725. The van der Waals surface area contributed by atoms with Crippen molar-refractivity contribution in [2.24, 2.45) is 0 Å². The zero-order chi connectivity index (χ0) is 20.4. The summed E-state index contributed by atoms with van der Waals surface area (Å²) in [6, 6.07) is 13.8. The Morgan fingerprint density at radius 2 is 1.66 bits per heavy atom. The molecular weight excluding hydrogens is 400 g/mol. The van der Waals surface area contributed by atoms with E-state index >= 15 is 0 Å². The van der Waals surface area contributed by atoms with Crippen molar-refractivity contribution in [3.8, 4) is 10.4 Å². The number of rotatable bonds is 4. The first-order chi connectivity index (χ1) is 14.0. The summed E-state index contributed by atoms with van der Waals surface area (Å²) in [5.74, 6) is -0.130. The number of carbonyl (C=O) groups excluding carboxylic acids is 2. The third-order valence-corrected chi connectivity index (χ3v) is 7.49. The number of likely N-dealkylation sites (tertiary alicyclic amines) is 1. The molecule has 1 saturated heterocycles. The smallest absolute Gasteiger partial charge is 0.266 e. The minimum absolute atomic E-state index is 0.0262. The van der Waals surface area contributed by atoms with E-state index in [4.69, 9.17) is 0 Å². The second-order valence-corrected chi connectivity index (χ2v) is 9.65. The van der Waals surface area contributed by atoms with Crippen LogP contribution >= 0.6 is 22.7 Å². The van der Waals surface area contributed by atoms with Crippen molar-refractivity contribution in [1.29, 1.82) is 0 Å². The Morgan fingerprint density at radius 1 is 0.931 bits per heavy atom. The maximum absolute atomic E-state index is 13.4. The molecule has 0 saturated carbocycles. The molecule has 3 heterocycles. The van der Waals surface area contributed by atoms with Crippen molar-refractivity contribution in [2.45, 2.75) is 33.1 Å². The van der Waals surface area contributed by atoms with E-state index in [-0.39, 0.29) is 11.8 Å². The zero-order valence-corrected chi connectivity index (χ0v) is 18.3. The second kappa shape index (κ2) is 8.51. The molecule has 1 aliphatic heterocycles. The molecule has 150 valence electrons. The minimum Gasteiger partial charge on any atom is -0.339 e. The summed E-state index contributed by atoms with van der Waals surface area (Å²) in [4.78, 5) is 30.9. The Labute approximate surface area is 179 Å². The second-order valence-electron chi connectivity index (χ2n) is 7.34. The molecule has 2 aromatic heterocycles. The highest BCUT2D eigenvalue weighted by Crippen LogP contribution is 2.41. The average molecular weight is 425 g/mol. The summed E-state index contributed by atoms with van der Waals surface area (Å²) in [7, 11) is 0. The van der Waals surface area contributed by atoms with Crippen molar-refractivity contribution in [3.05, 3.63) is 63.3 Å². The molecule has 2 amide bonds. The maximum Gasteiger partial charge on any atom is 0.266 e. The Bertz CT molecular complexity index is 1030. The van der Waals surface area contributed by atoms with E-state index in [1.807, 2.05) is 61.2 Å². The quantitative estimate of drug-likeness (QED) is 0.561. The van der Waals surface area contributed by atoms with Gasteiger partial charge in [0, 0.05) is 22.8 Å². The number of nitrogens with zero attached hydrogens (tertiary/aromatic N) is 1. The number of benzene rings is 1. The van der Waals surface area contributed by atoms with Crippen LogP contribution in [0.1, 0.15) is 49.7 Å². The van der Waals surface area contributed by atoms with Gasteiger partial charge in [-0.05, 0) is 56.4 Å². The number of thiophene rings is 2. The molecule has 1 fully saturated rings. The van der Waals surface area contributed by atoms with Crippen LogP contribution in [0, 0.1) is 13.8 Å². The largest absolute Gasteiger partial charge is 0.339 e. The van der Waals surface area contributed by atoms with E-state index in [2.05, 4.69) is 5.32 Å². The molecule has 4 nitrogen and oxygen atoms in total. The highest BCUT2D eigenvalue weighted by atomic mass is 32.1. The number of hydrogen-bond donors (Lipinski definition) is 1. The molecule has 4 rings (SSSR count). The van der Waals surface area contributed by atoms with E-state index < -0.39 is 0 Å². The van der Waals surface area contributed by atoms with E-state index in [0.717, 1.165) is 46.8 Å². The van der Waals surface area contributed by atoms with Gasteiger partial charge in [-0.3, -0.25) is 9.59 Å². The van der Waals surface area contributed by atoms with Crippen LogP contribution in [-0.2, 0) is 0 Å². The van der Waals surface area contributed by atoms with Gasteiger partial charge in [0.25, 0.3) is 11.8 Å². The molecule has 0 radical (unpaired) electrons. The standard InChI is InChI=1S/C23H24N2O2S2/c1-15-11-12-18(28-15)21(26)24-22-19(23(27)25-13-7-4-8-14-25)16(2)20(29-22)17-9-5-3-6-10-17/h3,5-6,9-12H,4,7-8,13-14H2,1-2H3,(H,24,26). The number of amides is 2. The first-order valence-corrected chi connectivity index (χ1v) is 11.5. The summed E-state index contributed by atoms with van der Waals surface area (Å²) in [5, 5.41) is 3.68. The van der Waals surface area contributed by atoms with Gasteiger partial charge in [-0.1, -0.05) is 30.3 Å². The van der Waals surface area contributed by atoms with Gasteiger partial charge >= 0.3 is 0 Å². The van der Waals surface area contributed by atoms with Gasteiger partial charge in [0.05, 0.1) is 10.4 Å². The Morgan fingerprint density at radius 3 is 2.31 bits per heavy atom. The van der Waals surface area contributed by atoms with Gasteiger partial charge < -0.3 is 10.2 Å². The van der Waals surface area contributed by atoms with Crippen LogP contribution in [-0.4, -0.2) is 29.8 Å². The molecule has 6 heteroatoms. The highest BCUT2D eigenvalue weighted by molar-refractivity contribution is 7.20. The summed E-state index contributed by atoms with van der Waals surface area (Å²) in [6.45, 7) is 5.54. The third-order valence-electron chi connectivity index (χ3n) is 5.23. The van der Waals surface area contributed by atoms with E-state index in [0.29, 0.717) is 15.4 Å². The number of nitrogens with one attached hydrogen (secondary N) is 1. The van der Waals surface area contributed by atoms with Crippen molar-refractivity contribution in [1.82, 2.24) is 4.90 Å². The van der Waals surface area contributed by atoms with Crippen LogP contribution in [0.3, 0.4) is 0 Å². The summed E-state index contributed by atoms with van der Waals surface area (Å²) >= 11 is 2.95. The number of piperidine rings is 1.